The second kappa shape index (κ2) is 5.75. The second-order valence-corrected chi connectivity index (χ2v) is 6.92. The van der Waals surface area contributed by atoms with E-state index in [2.05, 4.69) is 4.98 Å². The van der Waals surface area contributed by atoms with Crippen LogP contribution >= 0.6 is 11.6 Å². The zero-order valence-corrected chi connectivity index (χ0v) is 12.2. The van der Waals surface area contributed by atoms with E-state index in [4.69, 9.17) is 21.5 Å². The van der Waals surface area contributed by atoms with Crippen LogP contribution in [0.4, 0.5) is 0 Å². The third-order valence-corrected chi connectivity index (χ3v) is 4.12. The highest BCUT2D eigenvalue weighted by molar-refractivity contribution is 7.86. The standard InChI is InChI=1S/C12H17ClN2O3S/c1-19(16,17)18-11-4-3-9(14)6-10(11)8-2-5-12(13)15-7-8/h2,5,7,9-11H,3-4,6,14H2,1H3/t9-,10+,11-/m1/s1. The highest BCUT2D eigenvalue weighted by Crippen LogP contribution is 2.35. The first-order valence-corrected chi connectivity index (χ1v) is 8.30. The van der Waals surface area contributed by atoms with Crippen molar-refractivity contribution in [1.29, 1.82) is 0 Å². The van der Waals surface area contributed by atoms with Crippen LogP contribution in [0.2, 0.25) is 5.15 Å². The Balaban J connectivity index is 2.23. The van der Waals surface area contributed by atoms with Gasteiger partial charge in [-0.25, -0.2) is 4.98 Å². The molecule has 3 atom stereocenters. The molecule has 0 aromatic carbocycles. The summed E-state index contributed by atoms with van der Waals surface area (Å²) < 4.78 is 27.8. The molecule has 5 nitrogen and oxygen atoms in total. The summed E-state index contributed by atoms with van der Waals surface area (Å²) in [5.41, 5.74) is 6.88. The zero-order valence-electron chi connectivity index (χ0n) is 10.6. The number of hydrogen-bond donors (Lipinski definition) is 1. The lowest BCUT2D eigenvalue weighted by molar-refractivity contribution is 0.130. The summed E-state index contributed by atoms with van der Waals surface area (Å²) in [5.74, 6) is -0.0664. The van der Waals surface area contributed by atoms with Crippen LogP contribution in [0.1, 0.15) is 30.7 Å². The van der Waals surface area contributed by atoms with Crippen LogP contribution < -0.4 is 5.73 Å². The maximum Gasteiger partial charge on any atom is 0.264 e. The lowest BCUT2D eigenvalue weighted by atomic mass is 9.80. The van der Waals surface area contributed by atoms with Crippen LogP contribution in [0.5, 0.6) is 0 Å². The quantitative estimate of drug-likeness (QED) is 0.678. The van der Waals surface area contributed by atoms with Crippen molar-refractivity contribution in [3.63, 3.8) is 0 Å². The molecule has 0 radical (unpaired) electrons. The molecule has 1 aromatic rings. The molecule has 1 heterocycles. The summed E-state index contributed by atoms with van der Waals surface area (Å²) >= 11 is 5.76. The monoisotopic (exact) mass is 304 g/mol. The van der Waals surface area contributed by atoms with E-state index in [9.17, 15) is 8.42 Å². The lowest BCUT2D eigenvalue weighted by Gasteiger charge is -2.33. The minimum atomic E-state index is -3.48. The van der Waals surface area contributed by atoms with Crippen LogP contribution in [-0.2, 0) is 14.3 Å². The summed E-state index contributed by atoms with van der Waals surface area (Å²) in [7, 11) is -3.48. The van der Waals surface area contributed by atoms with Crippen molar-refractivity contribution in [1.82, 2.24) is 4.98 Å². The molecule has 0 saturated heterocycles. The van der Waals surface area contributed by atoms with Crippen LogP contribution in [0, 0.1) is 0 Å². The SMILES string of the molecule is CS(=O)(=O)O[C@@H]1CC[C@@H](N)C[C@H]1c1ccc(Cl)nc1. The number of hydrogen-bond acceptors (Lipinski definition) is 5. The molecule has 106 valence electrons. The minimum absolute atomic E-state index is 0.0556. The average Bonchev–Trinajstić information content (AvgIpc) is 2.31. The second-order valence-electron chi connectivity index (χ2n) is 4.93. The smallest absolute Gasteiger partial charge is 0.264 e. The van der Waals surface area contributed by atoms with Gasteiger partial charge in [0.05, 0.1) is 12.4 Å². The topological polar surface area (TPSA) is 82.3 Å². The predicted molar refractivity (Wildman–Crippen MR) is 73.5 cm³/mol. The molecule has 0 bridgehead atoms. The fourth-order valence-corrected chi connectivity index (χ4v) is 3.26. The van der Waals surface area contributed by atoms with Crippen molar-refractivity contribution in [3.05, 3.63) is 29.0 Å². The Morgan fingerprint density at radius 2 is 2.16 bits per heavy atom. The Kier molecular flexibility index (Phi) is 4.45. The first-order chi connectivity index (χ1) is 8.85. The molecule has 1 fully saturated rings. The van der Waals surface area contributed by atoms with E-state index in [-0.39, 0.29) is 18.1 Å². The normalized spacial score (nSPS) is 28.3. The van der Waals surface area contributed by atoms with Crippen LogP contribution in [-0.4, -0.2) is 31.8 Å². The van der Waals surface area contributed by atoms with Crippen molar-refractivity contribution in [2.24, 2.45) is 5.73 Å². The van der Waals surface area contributed by atoms with E-state index >= 15 is 0 Å². The van der Waals surface area contributed by atoms with Gasteiger partial charge in [-0.15, -0.1) is 0 Å². The molecule has 1 aliphatic carbocycles. The number of nitrogens with two attached hydrogens (primary N) is 1. The number of aromatic nitrogens is 1. The summed E-state index contributed by atoms with van der Waals surface area (Å²) in [6, 6.07) is 3.59. The maximum absolute atomic E-state index is 11.3. The van der Waals surface area contributed by atoms with Gasteiger partial charge < -0.3 is 5.73 Å². The fraction of sp³-hybridized carbons (Fsp3) is 0.583. The van der Waals surface area contributed by atoms with Gasteiger partial charge >= 0.3 is 0 Å². The molecule has 0 unspecified atom stereocenters. The molecule has 19 heavy (non-hydrogen) atoms. The number of pyridine rings is 1. The van der Waals surface area contributed by atoms with Gasteiger partial charge in [-0.05, 0) is 30.9 Å². The third kappa shape index (κ3) is 4.14. The fourth-order valence-electron chi connectivity index (χ4n) is 2.47. The molecule has 1 aliphatic rings. The van der Waals surface area contributed by atoms with E-state index in [1.165, 1.54) is 0 Å². The zero-order chi connectivity index (χ0) is 14.0. The van der Waals surface area contributed by atoms with Gasteiger partial charge in [0.1, 0.15) is 5.15 Å². The molecule has 7 heteroatoms. The summed E-state index contributed by atoms with van der Waals surface area (Å²) in [5, 5.41) is 0.407. The van der Waals surface area contributed by atoms with E-state index in [1.807, 2.05) is 6.07 Å². The molecule has 0 aliphatic heterocycles. The lowest BCUT2D eigenvalue weighted by Crippen LogP contribution is -2.37. The van der Waals surface area contributed by atoms with Gasteiger partial charge in [0, 0.05) is 18.2 Å². The summed E-state index contributed by atoms with van der Waals surface area (Å²) in [6.45, 7) is 0. The maximum atomic E-state index is 11.3. The number of rotatable bonds is 3. The van der Waals surface area contributed by atoms with Crippen molar-refractivity contribution in [2.75, 3.05) is 6.26 Å². The Morgan fingerprint density at radius 3 is 2.74 bits per heavy atom. The predicted octanol–water partition coefficient (Wildman–Crippen LogP) is 1.67. The van der Waals surface area contributed by atoms with E-state index in [1.54, 1.807) is 12.3 Å². The van der Waals surface area contributed by atoms with Gasteiger partial charge in [-0.1, -0.05) is 17.7 Å². The minimum Gasteiger partial charge on any atom is -0.328 e. The first-order valence-electron chi connectivity index (χ1n) is 6.10. The molecule has 1 aromatic heterocycles. The average molecular weight is 305 g/mol. The molecule has 0 amide bonds. The Bertz CT molecular complexity index is 532. The van der Waals surface area contributed by atoms with Crippen molar-refractivity contribution in [2.45, 2.75) is 37.3 Å². The van der Waals surface area contributed by atoms with Crippen LogP contribution in [0.3, 0.4) is 0 Å². The first kappa shape index (κ1) is 14.7. The Morgan fingerprint density at radius 1 is 1.42 bits per heavy atom. The van der Waals surface area contributed by atoms with Gasteiger partial charge in [0.2, 0.25) is 0 Å². The van der Waals surface area contributed by atoms with E-state index in [0.717, 1.165) is 18.2 Å². The molecule has 2 N–H and O–H groups in total. The van der Waals surface area contributed by atoms with Gasteiger partial charge in [-0.3, -0.25) is 4.18 Å². The van der Waals surface area contributed by atoms with Crippen LogP contribution in [0.15, 0.2) is 18.3 Å². The van der Waals surface area contributed by atoms with Crippen molar-refractivity contribution >= 4 is 21.7 Å². The largest absolute Gasteiger partial charge is 0.328 e. The van der Waals surface area contributed by atoms with Crippen molar-refractivity contribution < 1.29 is 12.6 Å². The third-order valence-electron chi connectivity index (χ3n) is 3.30. The van der Waals surface area contributed by atoms with Gasteiger partial charge in [-0.2, -0.15) is 8.42 Å². The van der Waals surface area contributed by atoms with Crippen molar-refractivity contribution in [3.8, 4) is 0 Å². The molecular formula is C12H17ClN2O3S. The van der Waals surface area contributed by atoms with E-state index in [0.29, 0.717) is 18.0 Å². The van der Waals surface area contributed by atoms with Gasteiger partial charge in [0.25, 0.3) is 10.1 Å². The molecular weight excluding hydrogens is 288 g/mol. The highest BCUT2D eigenvalue weighted by atomic mass is 35.5. The number of nitrogens with zero attached hydrogens (tertiary/aromatic N) is 1. The summed E-state index contributed by atoms with van der Waals surface area (Å²) in [4.78, 5) is 4.03. The number of halogens is 1. The Hall–Kier alpha value is -0.690. The highest BCUT2D eigenvalue weighted by Gasteiger charge is 2.33. The van der Waals surface area contributed by atoms with Gasteiger partial charge in [0.15, 0.2) is 0 Å². The summed E-state index contributed by atoms with van der Waals surface area (Å²) in [6.07, 6.45) is 4.42. The molecule has 1 saturated carbocycles. The molecule has 0 spiro atoms. The van der Waals surface area contributed by atoms with E-state index < -0.39 is 10.1 Å². The molecule has 2 rings (SSSR count). The van der Waals surface area contributed by atoms with Crippen LogP contribution in [0.25, 0.3) is 0 Å². The Labute approximate surface area is 118 Å².